The van der Waals surface area contributed by atoms with E-state index in [0.717, 1.165) is 38.6 Å². The minimum absolute atomic E-state index is 0. The summed E-state index contributed by atoms with van der Waals surface area (Å²) in [6.45, 7) is 8.91. The third kappa shape index (κ3) is 7.87. The summed E-state index contributed by atoms with van der Waals surface area (Å²) in [7, 11) is 0. The largest absolute Gasteiger partial charge is 0.376 e. The van der Waals surface area contributed by atoms with Crippen molar-refractivity contribution in [3.8, 4) is 0 Å². The van der Waals surface area contributed by atoms with Crippen LogP contribution in [-0.4, -0.2) is 49.7 Å². The van der Waals surface area contributed by atoms with Crippen LogP contribution in [-0.2, 0) is 17.8 Å². The maximum absolute atomic E-state index is 5.71. The quantitative estimate of drug-likeness (QED) is 0.339. The first kappa shape index (κ1) is 23.4. The van der Waals surface area contributed by atoms with Crippen LogP contribution in [0.2, 0.25) is 0 Å². The first-order valence-corrected chi connectivity index (χ1v) is 10.8. The molecule has 28 heavy (non-hydrogen) atoms. The molecule has 0 aliphatic carbocycles. The number of aliphatic imine (C=N–C) groups is 1. The van der Waals surface area contributed by atoms with Crippen LogP contribution in [0.5, 0.6) is 0 Å². The fourth-order valence-corrected chi connectivity index (χ4v) is 3.92. The van der Waals surface area contributed by atoms with Gasteiger partial charge < -0.3 is 15.4 Å². The average Bonchev–Trinajstić information content (AvgIpc) is 3.08. The fourth-order valence-electron chi connectivity index (χ4n) is 3.92. The van der Waals surface area contributed by atoms with Gasteiger partial charge >= 0.3 is 0 Å². The van der Waals surface area contributed by atoms with Crippen molar-refractivity contribution in [2.75, 3.05) is 32.8 Å². The van der Waals surface area contributed by atoms with Gasteiger partial charge in [0.2, 0.25) is 0 Å². The molecule has 0 radical (unpaired) electrons. The third-order valence-electron chi connectivity index (χ3n) is 5.48. The van der Waals surface area contributed by atoms with E-state index in [0.29, 0.717) is 12.6 Å². The molecule has 0 saturated carbocycles. The summed E-state index contributed by atoms with van der Waals surface area (Å²) in [5.41, 5.74) is 2.74. The van der Waals surface area contributed by atoms with E-state index in [1.54, 1.807) is 0 Å². The van der Waals surface area contributed by atoms with E-state index < -0.39 is 0 Å². The van der Waals surface area contributed by atoms with Gasteiger partial charge in [-0.2, -0.15) is 0 Å². The zero-order valence-corrected chi connectivity index (χ0v) is 19.6. The Morgan fingerprint density at radius 1 is 1.07 bits per heavy atom. The highest BCUT2D eigenvalue weighted by atomic mass is 127. The Morgan fingerprint density at radius 3 is 2.50 bits per heavy atom. The molecule has 2 saturated heterocycles. The average molecular weight is 500 g/mol. The standard InChI is InChI=1S/C22H36N4O.HI/c1-2-23-22(25-17-21-12-9-15-27-21)24-16-19-10-5-6-11-20(19)18-26-13-7-3-4-8-14-26;/h5-6,10-11,21H,2-4,7-9,12-18H2,1H3,(H2,23,24,25);1H. The zero-order chi connectivity index (χ0) is 18.7. The number of benzene rings is 1. The van der Waals surface area contributed by atoms with Gasteiger partial charge in [0.15, 0.2) is 5.96 Å². The number of hydrogen-bond donors (Lipinski definition) is 2. The number of guanidine groups is 1. The third-order valence-corrected chi connectivity index (χ3v) is 5.48. The molecule has 1 aromatic rings. The van der Waals surface area contributed by atoms with E-state index in [9.17, 15) is 0 Å². The van der Waals surface area contributed by atoms with Crippen LogP contribution in [0.15, 0.2) is 29.3 Å². The number of nitrogens with zero attached hydrogens (tertiary/aromatic N) is 2. The summed E-state index contributed by atoms with van der Waals surface area (Å²) in [6.07, 6.45) is 8.06. The van der Waals surface area contributed by atoms with Crippen LogP contribution in [0.3, 0.4) is 0 Å². The lowest BCUT2D eigenvalue weighted by atomic mass is 10.1. The van der Waals surface area contributed by atoms with E-state index in [4.69, 9.17) is 9.73 Å². The van der Waals surface area contributed by atoms with Crippen molar-refractivity contribution < 1.29 is 4.74 Å². The summed E-state index contributed by atoms with van der Waals surface area (Å²) in [5, 5.41) is 6.80. The molecule has 1 unspecified atom stereocenters. The molecule has 0 aromatic heterocycles. The number of halogens is 1. The van der Waals surface area contributed by atoms with Crippen molar-refractivity contribution in [3.63, 3.8) is 0 Å². The smallest absolute Gasteiger partial charge is 0.191 e. The molecule has 5 nitrogen and oxygen atoms in total. The Bertz CT molecular complexity index is 582. The lowest BCUT2D eigenvalue weighted by Crippen LogP contribution is -2.41. The molecule has 2 aliphatic rings. The van der Waals surface area contributed by atoms with Gasteiger partial charge in [-0.05, 0) is 56.8 Å². The van der Waals surface area contributed by atoms with Crippen molar-refractivity contribution in [2.45, 2.75) is 64.6 Å². The number of ether oxygens (including phenoxy) is 1. The van der Waals surface area contributed by atoms with E-state index >= 15 is 0 Å². The topological polar surface area (TPSA) is 48.9 Å². The first-order chi connectivity index (χ1) is 13.3. The summed E-state index contributed by atoms with van der Waals surface area (Å²) < 4.78 is 5.71. The van der Waals surface area contributed by atoms with Crippen LogP contribution < -0.4 is 10.6 Å². The first-order valence-electron chi connectivity index (χ1n) is 10.8. The Balaban J connectivity index is 0.00000280. The predicted molar refractivity (Wildman–Crippen MR) is 127 cm³/mol. The number of rotatable bonds is 7. The number of likely N-dealkylation sites (tertiary alicyclic amines) is 1. The van der Waals surface area contributed by atoms with Gasteiger partial charge in [0.05, 0.1) is 12.6 Å². The molecule has 3 rings (SSSR count). The summed E-state index contributed by atoms with van der Waals surface area (Å²) in [5.74, 6) is 0.887. The highest BCUT2D eigenvalue weighted by Crippen LogP contribution is 2.17. The highest BCUT2D eigenvalue weighted by Gasteiger charge is 2.15. The lowest BCUT2D eigenvalue weighted by molar-refractivity contribution is 0.114. The highest BCUT2D eigenvalue weighted by molar-refractivity contribution is 14.0. The minimum atomic E-state index is 0. The van der Waals surface area contributed by atoms with E-state index in [-0.39, 0.29) is 24.0 Å². The molecule has 2 fully saturated rings. The van der Waals surface area contributed by atoms with Crippen molar-refractivity contribution in [3.05, 3.63) is 35.4 Å². The van der Waals surface area contributed by atoms with Gasteiger partial charge in [0.25, 0.3) is 0 Å². The van der Waals surface area contributed by atoms with Crippen molar-refractivity contribution in [2.24, 2.45) is 4.99 Å². The van der Waals surface area contributed by atoms with Crippen molar-refractivity contribution in [1.29, 1.82) is 0 Å². The molecule has 1 atom stereocenters. The summed E-state index contributed by atoms with van der Waals surface area (Å²) in [6, 6.07) is 8.77. The van der Waals surface area contributed by atoms with Gasteiger partial charge in [-0.3, -0.25) is 4.90 Å². The predicted octanol–water partition coefficient (Wildman–Crippen LogP) is 3.91. The molecule has 158 valence electrons. The molecule has 2 aliphatic heterocycles. The second kappa shape index (κ2) is 13.4. The van der Waals surface area contributed by atoms with Crippen LogP contribution in [0.4, 0.5) is 0 Å². The Morgan fingerprint density at radius 2 is 1.82 bits per heavy atom. The van der Waals surface area contributed by atoms with Gasteiger partial charge in [0, 0.05) is 26.2 Å². The van der Waals surface area contributed by atoms with Crippen LogP contribution in [0.25, 0.3) is 0 Å². The molecule has 2 heterocycles. The van der Waals surface area contributed by atoms with Crippen LogP contribution in [0, 0.1) is 0 Å². The Labute approximate surface area is 187 Å². The maximum atomic E-state index is 5.71. The second-order valence-corrected chi connectivity index (χ2v) is 7.67. The van der Waals surface area contributed by atoms with Gasteiger partial charge in [0.1, 0.15) is 0 Å². The van der Waals surface area contributed by atoms with Gasteiger partial charge in [-0.1, -0.05) is 37.1 Å². The second-order valence-electron chi connectivity index (χ2n) is 7.67. The fraction of sp³-hybridized carbons (Fsp3) is 0.682. The van der Waals surface area contributed by atoms with Crippen molar-refractivity contribution >= 4 is 29.9 Å². The SMILES string of the molecule is CCNC(=NCc1ccccc1CN1CCCCCC1)NCC1CCCO1.I. The van der Waals surface area contributed by atoms with Gasteiger partial charge in [-0.15, -0.1) is 24.0 Å². The minimum Gasteiger partial charge on any atom is -0.376 e. The van der Waals surface area contributed by atoms with Crippen LogP contribution in [0.1, 0.15) is 56.6 Å². The normalized spacial score (nSPS) is 21.0. The molecule has 1 aromatic carbocycles. The maximum Gasteiger partial charge on any atom is 0.191 e. The molecule has 2 N–H and O–H groups in total. The Kier molecular flexibility index (Phi) is 11.2. The molecule has 0 spiro atoms. The van der Waals surface area contributed by atoms with Crippen molar-refractivity contribution in [1.82, 2.24) is 15.5 Å². The molecule has 0 amide bonds. The monoisotopic (exact) mass is 500 g/mol. The molecular formula is C22H37IN4O. The van der Waals surface area contributed by atoms with Crippen LogP contribution >= 0.6 is 24.0 Å². The van der Waals surface area contributed by atoms with Gasteiger partial charge in [-0.25, -0.2) is 4.99 Å². The van der Waals surface area contributed by atoms with E-state index in [2.05, 4.69) is 46.7 Å². The number of nitrogens with one attached hydrogen (secondary N) is 2. The van der Waals surface area contributed by atoms with E-state index in [1.807, 2.05) is 0 Å². The molecular weight excluding hydrogens is 463 g/mol. The Hall–Kier alpha value is -0.860. The zero-order valence-electron chi connectivity index (χ0n) is 17.3. The lowest BCUT2D eigenvalue weighted by Gasteiger charge is -2.21. The summed E-state index contributed by atoms with van der Waals surface area (Å²) >= 11 is 0. The molecule has 6 heteroatoms. The molecule has 0 bridgehead atoms. The van der Waals surface area contributed by atoms with E-state index in [1.165, 1.54) is 56.3 Å². The summed E-state index contributed by atoms with van der Waals surface area (Å²) in [4.78, 5) is 7.44. The number of hydrogen-bond acceptors (Lipinski definition) is 3.